The number of rotatable bonds is 6. The van der Waals surface area contributed by atoms with Crippen LogP contribution in [0.15, 0.2) is 52.9 Å². The Hall–Kier alpha value is -3.36. The lowest BCUT2D eigenvalue weighted by atomic mass is 10.1. The van der Waals surface area contributed by atoms with Crippen LogP contribution in [0, 0.1) is 0 Å². The highest BCUT2D eigenvalue weighted by Crippen LogP contribution is 2.31. The summed E-state index contributed by atoms with van der Waals surface area (Å²) in [6, 6.07) is 11.6. The number of para-hydroxylation sites is 2. The number of benzene rings is 2. The molecule has 1 heterocycles. The molecule has 0 saturated heterocycles. The summed E-state index contributed by atoms with van der Waals surface area (Å²) in [4.78, 5) is 12.1. The van der Waals surface area contributed by atoms with E-state index in [4.69, 9.17) is 9.15 Å². The summed E-state index contributed by atoms with van der Waals surface area (Å²) in [5.74, 6) is 0.359. The highest BCUT2D eigenvalue weighted by atomic mass is 19.4. The number of aryl methyl sites for hydroxylation is 1. The molecule has 1 aromatic heterocycles. The van der Waals surface area contributed by atoms with Crippen LogP contribution in [0.2, 0.25) is 0 Å². The second kappa shape index (κ2) is 8.12. The van der Waals surface area contributed by atoms with Crippen LogP contribution in [-0.4, -0.2) is 23.2 Å². The Morgan fingerprint density at radius 3 is 2.68 bits per heavy atom. The second-order valence-electron chi connectivity index (χ2n) is 5.83. The van der Waals surface area contributed by atoms with Crippen LogP contribution in [-0.2, 0) is 17.4 Å². The minimum atomic E-state index is -4.46. The zero-order chi connectivity index (χ0) is 20.1. The SMILES string of the molecule is COc1ccccc1NC(=O)CCc1nnc(-c2cccc(C(F)(F)F)c2)o1. The largest absolute Gasteiger partial charge is 0.495 e. The summed E-state index contributed by atoms with van der Waals surface area (Å²) < 4.78 is 49.0. The number of anilines is 1. The summed E-state index contributed by atoms with van der Waals surface area (Å²) in [7, 11) is 1.50. The molecule has 0 atom stereocenters. The maximum absolute atomic E-state index is 12.8. The highest BCUT2D eigenvalue weighted by Gasteiger charge is 2.30. The van der Waals surface area contributed by atoms with E-state index in [9.17, 15) is 18.0 Å². The van der Waals surface area contributed by atoms with Crippen molar-refractivity contribution in [3.05, 3.63) is 60.0 Å². The van der Waals surface area contributed by atoms with Crippen molar-refractivity contribution in [3.8, 4) is 17.2 Å². The molecule has 0 fully saturated rings. The molecule has 0 aliphatic heterocycles. The Bertz CT molecular complexity index is 970. The van der Waals surface area contributed by atoms with Gasteiger partial charge in [0.15, 0.2) is 0 Å². The minimum absolute atomic E-state index is 0.0359. The summed E-state index contributed by atoms with van der Waals surface area (Å²) in [6.07, 6.45) is -4.26. The molecule has 2 aromatic carbocycles. The zero-order valence-corrected chi connectivity index (χ0v) is 14.8. The molecule has 0 bridgehead atoms. The van der Waals surface area contributed by atoms with Crippen molar-refractivity contribution in [2.45, 2.75) is 19.0 Å². The van der Waals surface area contributed by atoms with Gasteiger partial charge in [-0.2, -0.15) is 13.2 Å². The third-order valence-electron chi connectivity index (χ3n) is 3.85. The van der Waals surface area contributed by atoms with E-state index in [0.717, 1.165) is 12.1 Å². The fraction of sp³-hybridized carbons (Fsp3) is 0.211. The molecule has 0 spiro atoms. The quantitative estimate of drug-likeness (QED) is 0.677. The van der Waals surface area contributed by atoms with Gasteiger partial charge in [0.1, 0.15) is 5.75 Å². The summed E-state index contributed by atoms with van der Waals surface area (Å²) in [5.41, 5.74) is -0.113. The Kier molecular flexibility index (Phi) is 5.62. The number of hydrogen-bond donors (Lipinski definition) is 1. The van der Waals surface area contributed by atoms with E-state index >= 15 is 0 Å². The number of alkyl halides is 3. The van der Waals surface area contributed by atoms with Crippen molar-refractivity contribution in [1.82, 2.24) is 10.2 Å². The van der Waals surface area contributed by atoms with Crippen LogP contribution in [0.25, 0.3) is 11.5 Å². The molecule has 1 amide bonds. The standard InChI is InChI=1S/C19H16F3N3O3/c1-27-15-8-3-2-7-14(15)23-16(26)9-10-17-24-25-18(28-17)12-5-4-6-13(11-12)19(20,21)22/h2-8,11H,9-10H2,1H3,(H,23,26). The maximum Gasteiger partial charge on any atom is 0.416 e. The van der Waals surface area contributed by atoms with Gasteiger partial charge in [0.25, 0.3) is 0 Å². The van der Waals surface area contributed by atoms with Gasteiger partial charge in [-0.3, -0.25) is 4.79 Å². The van der Waals surface area contributed by atoms with Gasteiger partial charge in [0, 0.05) is 18.4 Å². The van der Waals surface area contributed by atoms with E-state index in [2.05, 4.69) is 15.5 Å². The number of carbonyl (C=O) groups excluding carboxylic acids is 1. The highest BCUT2D eigenvalue weighted by molar-refractivity contribution is 5.92. The fourth-order valence-electron chi connectivity index (χ4n) is 2.48. The molecule has 0 unspecified atom stereocenters. The molecule has 0 aliphatic rings. The van der Waals surface area contributed by atoms with Gasteiger partial charge in [-0.25, -0.2) is 0 Å². The van der Waals surface area contributed by atoms with Crippen molar-refractivity contribution in [2.24, 2.45) is 0 Å². The summed E-state index contributed by atoms with van der Waals surface area (Å²) >= 11 is 0. The van der Waals surface area contributed by atoms with Gasteiger partial charge in [0.2, 0.25) is 17.7 Å². The van der Waals surface area contributed by atoms with E-state index in [1.165, 1.54) is 19.2 Å². The van der Waals surface area contributed by atoms with Gasteiger partial charge < -0.3 is 14.5 Å². The first-order chi connectivity index (χ1) is 13.4. The predicted octanol–water partition coefficient (Wildman–Crippen LogP) is 4.34. The van der Waals surface area contributed by atoms with E-state index < -0.39 is 11.7 Å². The normalized spacial score (nSPS) is 11.3. The number of halogens is 3. The van der Waals surface area contributed by atoms with Crippen LogP contribution in [0.1, 0.15) is 17.9 Å². The maximum atomic E-state index is 12.8. The second-order valence-corrected chi connectivity index (χ2v) is 5.83. The average molecular weight is 391 g/mol. The third kappa shape index (κ3) is 4.67. The zero-order valence-electron chi connectivity index (χ0n) is 14.8. The first-order valence-corrected chi connectivity index (χ1v) is 8.29. The van der Waals surface area contributed by atoms with E-state index in [1.54, 1.807) is 24.3 Å². The van der Waals surface area contributed by atoms with Gasteiger partial charge >= 0.3 is 6.18 Å². The molecular formula is C19H16F3N3O3. The smallest absolute Gasteiger partial charge is 0.416 e. The Morgan fingerprint density at radius 1 is 1.14 bits per heavy atom. The van der Waals surface area contributed by atoms with Gasteiger partial charge in [-0.05, 0) is 30.3 Å². The van der Waals surface area contributed by atoms with Crippen molar-refractivity contribution >= 4 is 11.6 Å². The number of nitrogens with zero attached hydrogens (tertiary/aromatic N) is 2. The van der Waals surface area contributed by atoms with Crippen LogP contribution < -0.4 is 10.1 Å². The Labute approximate surface area is 158 Å². The molecule has 0 aliphatic carbocycles. The Balaban J connectivity index is 1.63. The van der Waals surface area contributed by atoms with Crippen molar-refractivity contribution < 1.29 is 27.1 Å². The molecule has 1 N–H and O–H groups in total. The first-order valence-electron chi connectivity index (χ1n) is 8.29. The fourth-order valence-corrected chi connectivity index (χ4v) is 2.48. The number of methoxy groups -OCH3 is 1. The number of amides is 1. The van der Waals surface area contributed by atoms with Crippen LogP contribution in [0.4, 0.5) is 18.9 Å². The topological polar surface area (TPSA) is 77.2 Å². The molecule has 3 rings (SSSR count). The van der Waals surface area contributed by atoms with Crippen molar-refractivity contribution in [3.63, 3.8) is 0 Å². The lowest BCUT2D eigenvalue weighted by Gasteiger charge is -2.09. The molecular weight excluding hydrogens is 375 g/mol. The van der Waals surface area contributed by atoms with Crippen LogP contribution in [0.5, 0.6) is 5.75 Å². The van der Waals surface area contributed by atoms with Crippen molar-refractivity contribution in [2.75, 3.05) is 12.4 Å². The number of hydrogen-bond acceptors (Lipinski definition) is 5. The summed E-state index contributed by atoms with van der Waals surface area (Å²) in [6.45, 7) is 0. The number of nitrogens with one attached hydrogen (secondary N) is 1. The number of aromatic nitrogens is 2. The number of carbonyl (C=O) groups is 1. The minimum Gasteiger partial charge on any atom is -0.495 e. The van der Waals surface area contributed by atoms with Gasteiger partial charge in [0.05, 0.1) is 18.4 Å². The average Bonchev–Trinajstić information content (AvgIpc) is 3.15. The van der Waals surface area contributed by atoms with E-state index in [-0.39, 0.29) is 36.1 Å². The lowest BCUT2D eigenvalue weighted by molar-refractivity contribution is -0.137. The molecule has 0 radical (unpaired) electrons. The number of ether oxygens (including phenoxy) is 1. The van der Waals surface area contributed by atoms with Crippen LogP contribution >= 0.6 is 0 Å². The monoisotopic (exact) mass is 391 g/mol. The molecule has 9 heteroatoms. The molecule has 28 heavy (non-hydrogen) atoms. The van der Waals surface area contributed by atoms with E-state index in [1.807, 2.05) is 0 Å². The van der Waals surface area contributed by atoms with Crippen LogP contribution in [0.3, 0.4) is 0 Å². The van der Waals surface area contributed by atoms with Crippen molar-refractivity contribution in [1.29, 1.82) is 0 Å². The molecule has 146 valence electrons. The summed E-state index contributed by atoms with van der Waals surface area (Å²) in [5, 5.41) is 10.3. The van der Waals surface area contributed by atoms with Gasteiger partial charge in [-0.15, -0.1) is 10.2 Å². The molecule has 0 saturated carbocycles. The third-order valence-corrected chi connectivity index (χ3v) is 3.85. The molecule has 6 nitrogen and oxygen atoms in total. The first kappa shape index (κ1) is 19.4. The predicted molar refractivity (Wildman–Crippen MR) is 94.7 cm³/mol. The molecule has 3 aromatic rings. The van der Waals surface area contributed by atoms with E-state index in [0.29, 0.717) is 11.4 Å². The van der Waals surface area contributed by atoms with Gasteiger partial charge in [-0.1, -0.05) is 18.2 Å². The lowest BCUT2D eigenvalue weighted by Crippen LogP contribution is -2.13. The Morgan fingerprint density at radius 2 is 1.93 bits per heavy atom.